The zero-order chi connectivity index (χ0) is 14.8. The first kappa shape index (κ1) is 13.7. The number of carbonyl (C=O) groups excluding carboxylic acids is 1. The van der Waals surface area contributed by atoms with Gasteiger partial charge in [-0.25, -0.2) is 4.79 Å². The maximum Gasteiger partial charge on any atom is 0.323 e. The first-order valence-electron chi connectivity index (χ1n) is 7.21. The number of anilines is 1. The number of hydrogen-bond acceptors (Lipinski definition) is 3. The van der Waals surface area contributed by atoms with Crippen LogP contribution in [0.2, 0.25) is 0 Å². The summed E-state index contributed by atoms with van der Waals surface area (Å²) in [5.41, 5.74) is 2.45. The van der Waals surface area contributed by atoms with Gasteiger partial charge in [-0.05, 0) is 37.8 Å². The van der Waals surface area contributed by atoms with Crippen LogP contribution in [0.15, 0.2) is 34.9 Å². The van der Waals surface area contributed by atoms with Gasteiger partial charge in [0.2, 0.25) is 0 Å². The highest BCUT2D eigenvalue weighted by Crippen LogP contribution is 2.33. The van der Waals surface area contributed by atoms with Gasteiger partial charge in [-0.2, -0.15) is 0 Å². The Morgan fingerprint density at radius 1 is 1.38 bits per heavy atom. The molecule has 1 atom stereocenters. The van der Waals surface area contributed by atoms with Gasteiger partial charge in [-0.15, -0.1) is 0 Å². The Bertz CT molecular complexity index is 650. The van der Waals surface area contributed by atoms with Gasteiger partial charge in [-0.3, -0.25) is 5.32 Å². The fourth-order valence-corrected chi connectivity index (χ4v) is 2.90. The molecule has 110 valence electrons. The van der Waals surface area contributed by atoms with Crippen molar-refractivity contribution in [3.63, 3.8) is 0 Å². The van der Waals surface area contributed by atoms with Crippen molar-refractivity contribution in [2.75, 3.05) is 11.9 Å². The highest BCUT2D eigenvalue weighted by atomic mass is 16.5. The number of rotatable bonds is 2. The molecular formula is C16H19N3O2. The standard InChI is InChI=1S/C16H19N3O2/c1-11-6-3-4-7-13(11)14-8-5-9-19(14)16(20)17-15-10-12(2)21-18-15/h3-4,6-7,10,14H,5,8-9H2,1-2H3,(H,17,18,20)/t14-/m0/s1. The molecule has 1 saturated heterocycles. The Morgan fingerprint density at radius 3 is 2.90 bits per heavy atom. The van der Waals surface area contributed by atoms with Crippen LogP contribution in [0.25, 0.3) is 0 Å². The SMILES string of the molecule is Cc1cc(NC(=O)N2CCC[C@H]2c2ccccc2C)no1. The largest absolute Gasteiger partial charge is 0.360 e. The number of aromatic nitrogens is 1. The molecule has 21 heavy (non-hydrogen) atoms. The molecule has 2 heterocycles. The maximum absolute atomic E-state index is 12.5. The smallest absolute Gasteiger partial charge is 0.323 e. The van der Waals surface area contributed by atoms with Crippen LogP contribution in [-0.2, 0) is 0 Å². The lowest BCUT2D eigenvalue weighted by Gasteiger charge is -2.26. The lowest BCUT2D eigenvalue weighted by atomic mass is 9.99. The van der Waals surface area contributed by atoms with Gasteiger partial charge < -0.3 is 9.42 Å². The quantitative estimate of drug-likeness (QED) is 0.916. The minimum Gasteiger partial charge on any atom is -0.360 e. The molecule has 5 nitrogen and oxygen atoms in total. The van der Waals surface area contributed by atoms with Crippen molar-refractivity contribution in [2.45, 2.75) is 32.7 Å². The number of nitrogens with zero attached hydrogens (tertiary/aromatic N) is 2. The molecule has 0 bridgehead atoms. The van der Waals surface area contributed by atoms with Crippen LogP contribution in [0.4, 0.5) is 10.6 Å². The fourth-order valence-electron chi connectivity index (χ4n) is 2.90. The van der Waals surface area contributed by atoms with E-state index < -0.39 is 0 Å². The molecule has 3 rings (SSSR count). The molecule has 1 fully saturated rings. The number of aryl methyl sites for hydroxylation is 2. The van der Waals surface area contributed by atoms with Crippen molar-refractivity contribution >= 4 is 11.8 Å². The Hall–Kier alpha value is -2.30. The molecule has 1 aliphatic rings. The van der Waals surface area contributed by atoms with E-state index in [1.807, 2.05) is 17.0 Å². The molecule has 5 heteroatoms. The predicted octanol–water partition coefficient (Wildman–Crippen LogP) is 3.66. The summed E-state index contributed by atoms with van der Waals surface area (Å²) < 4.78 is 4.98. The van der Waals surface area contributed by atoms with Gasteiger partial charge in [0, 0.05) is 12.6 Å². The molecule has 0 unspecified atom stereocenters. The monoisotopic (exact) mass is 285 g/mol. The summed E-state index contributed by atoms with van der Waals surface area (Å²) in [6, 6.07) is 9.98. The normalized spacial score (nSPS) is 18.0. The van der Waals surface area contributed by atoms with Crippen LogP contribution < -0.4 is 5.32 Å². The molecule has 2 aromatic rings. The zero-order valence-corrected chi connectivity index (χ0v) is 12.3. The summed E-state index contributed by atoms with van der Waals surface area (Å²) >= 11 is 0. The highest BCUT2D eigenvalue weighted by Gasteiger charge is 2.31. The van der Waals surface area contributed by atoms with E-state index >= 15 is 0 Å². The molecule has 1 aliphatic heterocycles. The van der Waals surface area contributed by atoms with E-state index in [0.29, 0.717) is 11.6 Å². The van der Waals surface area contributed by atoms with Crippen LogP contribution in [0, 0.1) is 13.8 Å². The predicted molar refractivity (Wildman–Crippen MR) is 80.1 cm³/mol. The van der Waals surface area contributed by atoms with Crippen LogP contribution in [-0.4, -0.2) is 22.6 Å². The third-order valence-electron chi connectivity index (χ3n) is 3.92. The van der Waals surface area contributed by atoms with Crippen molar-refractivity contribution in [2.24, 2.45) is 0 Å². The van der Waals surface area contributed by atoms with Gasteiger partial charge >= 0.3 is 6.03 Å². The number of urea groups is 1. The van der Waals surface area contributed by atoms with E-state index in [2.05, 4.69) is 29.5 Å². The van der Waals surface area contributed by atoms with E-state index in [0.717, 1.165) is 19.4 Å². The first-order chi connectivity index (χ1) is 10.1. The average molecular weight is 285 g/mol. The molecule has 1 aromatic heterocycles. The van der Waals surface area contributed by atoms with E-state index in [1.54, 1.807) is 13.0 Å². The van der Waals surface area contributed by atoms with Gasteiger partial charge in [0.15, 0.2) is 5.82 Å². The zero-order valence-electron chi connectivity index (χ0n) is 12.3. The Kier molecular flexibility index (Phi) is 3.64. The number of hydrogen-bond donors (Lipinski definition) is 1. The van der Waals surface area contributed by atoms with Gasteiger partial charge in [0.1, 0.15) is 5.76 Å². The minimum absolute atomic E-state index is 0.117. The van der Waals surface area contributed by atoms with Gasteiger partial charge in [-0.1, -0.05) is 29.4 Å². The van der Waals surface area contributed by atoms with Crippen molar-refractivity contribution in [1.29, 1.82) is 0 Å². The lowest BCUT2D eigenvalue weighted by Crippen LogP contribution is -2.34. The Labute approximate surface area is 123 Å². The second-order valence-corrected chi connectivity index (χ2v) is 5.46. The Balaban J connectivity index is 1.77. The van der Waals surface area contributed by atoms with Gasteiger partial charge in [0.05, 0.1) is 6.04 Å². The van der Waals surface area contributed by atoms with Crippen molar-refractivity contribution < 1.29 is 9.32 Å². The second kappa shape index (κ2) is 5.60. The van der Waals surface area contributed by atoms with Gasteiger partial charge in [0.25, 0.3) is 0 Å². The number of carbonyl (C=O) groups is 1. The average Bonchev–Trinajstić information content (AvgIpc) is 3.08. The number of amides is 2. The molecule has 0 aliphatic carbocycles. The summed E-state index contributed by atoms with van der Waals surface area (Å²) in [5.74, 6) is 1.15. The fraction of sp³-hybridized carbons (Fsp3) is 0.375. The van der Waals surface area contributed by atoms with E-state index in [4.69, 9.17) is 4.52 Å². The van der Waals surface area contributed by atoms with Crippen molar-refractivity contribution in [1.82, 2.24) is 10.1 Å². The topological polar surface area (TPSA) is 58.4 Å². The first-order valence-corrected chi connectivity index (χ1v) is 7.21. The summed E-state index contributed by atoms with van der Waals surface area (Å²) in [7, 11) is 0. The van der Waals surface area contributed by atoms with Crippen LogP contribution in [0.1, 0.15) is 35.8 Å². The molecule has 1 N–H and O–H groups in total. The van der Waals surface area contributed by atoms with E-state index in [-0.39, 0.29) is 12.1 Å². The summed E-state index contributed by atoms with van der Waals surface area (Å²) in [6.07, 6.45) is 2.01. The van der Waals surface area contributed by atoms with Crippen LogP contribution in [0.5, 0.6) is 0 Å². The number of nitrogens with one attached hydrogen (secondary N) is 1. The molecule has 0 saturated carbocycles. The summed E-state index contributed by atoms with van der Waals surface area (Å²) in [6.45, 7) is 4.65. The molecule has 0 radical (unpaired) electrons. The van der Waals surface area contributed by atoms with Crippen LogP contribution in [0.3, 0.4) is 0 Å². The van der Waals surface area contributed by atoms with Crippen LogP contribution >= 0.6 is 0 Å². The van der Waals surface area contributed by atoms with Crippen molar-refractivity contribution in [3.05, 3.63) is 47.2 Å². The summed E-state index contributed by atoms with van der Waals surface area (Å²) in [4.78, 5) is 14.3. The van der Waals surface area contributed by atoms with Crippen molar-refractivity contribution in [3.8, 4) is 0 Å². The summed E-state index contributed by atoms with van der Waals surface area (Å²) in [5, 5.41) is 6.61. The molecule has 1 aromatic carbocycles. The third kappa shape index (κ3) is 2.77. The van der Waals surface area contributed by atoms with E-state index in [1.165, 1.54) is 11.1 Å². The lowest BCUT2D eigenvalue weighted by molar-refractivity contribution is 0.206. The number of likely N-dealkylation sites (tertiary alicyclic amines) is 1. The molecular weight excluding hydrogens is 266 g/mol. The van der Waals surface area contributed by atoms with E-state index in [9.17, 15) is 4.79 Å². The third-order valence-corrected chi connectivity index (χ3v) is 3.92. The number of benzene rings is 1. The maximum atomic E-state index is 12.5. The Morgan fingerprint density at radius 2 is 2.19 bits per heavy atom. The molecule has 0 spiro atoms. The minimum atomic E-state index is -0.117. The molecule has 2 amide bonds. The highest BCUT2D eigenvalue weighted by molar-refractivity contribution is 5.88. The second-order valence-electron chi connectivity index (χ2n) is 5.46.